The van der Waals surface area contributed by atoms with Crippen LogP contribution >= 0.6 is 0 Å². The van der Waals surface area contributed by atoms with Gasteiger partial charge >= 0.3 is 6.18 Å². The number of carbonyl (C=O) groups is 2. The number of aromatic nitrogens is 2. The molecular weight excluding hydrogens is 567 g/mol. The van der Waals surface area contributed by atoms with Crippen molar-refractivity contribution in [2.45, 2.75) is 13.1 Å². The van der Waals surface area contributed by atoms with E-state index in [2.05, 4.69) is 32.4 Å². The molecule has 1 amide bonds. The molecule has 1 fully saturated rings. The van der Waals surface area contributed by atoms with Crippen molar-refractivity contribution in [3.63, 3.8) is 0 Å². The van der Waals surface area contributed by atoms with E-state index in [1.54, 1.807) is 4.90 Å². The molecule has 4 rings (SSSR count). The van der Waals surface area contributed by atoms with Crippen molar-refractivity contribution in [3.05, 3.63) is 70.5 Å². The molecule has 0 spiro atoms. The number of carbonyl (C=O) groups excluding carboxylic acids is 2. The van der Waals surface area contributed by atoms with Gasteiger partial charge in [0.05, 0.1) is 30.9 Å². The molecule has 2 heterocycles. The molecule has 14 heteroatoms. The Hall–Kier alpha value is -5.16. The zero-order valence-electron chi connectivity index (χ0n) is 23.4. The molecule has 43 heavy (non-hydrogen) atoms. The van der Waals surface area contributed by atoms with Crippen LogP contribution in [-0.4, -0.2) is 77.8 Å². The normalized spacial score (nSPS) is 12.6. The largest absolute Gasteiger partial charge is 0.507 e. The number of ether oxygens (including phenoxy) is 1. The van der Waals surface area contributed by atoms with E-state index in [1.165, 1.54) is 6.33 Å². The van der Waals surface area contributed by atoms with Crippen LogP contribution in [0.4, 0.5) is 30.5 Å². The highest BCUT2D eigenvalue weighted by atomic mass is 19.4. The van der Waals surface area contributed by atoms with Crippen molar-refractivity contribution >= 4 is 35.2 Å². The fourth-order valence-corrected chi connectivity index (χ4v) is 3.82. The molecule has 1 aliphatic heterocycles. The second-order valence-electron chi connectivity index (χ2n) is 9.13. The molecule has 3 aromatic rings. The van der Waals surface area contributed by atoms with E-state index in [-0.39, 0.29) is 41.4 Å². The highest BCUT2D eigenvalue weighted by Gasteiger charge is 2.33. The van der Waals surface area contributed by atoms with Gasteiger partial charge in [0.2, 0.25) is 5.91 Å². The maximum absolute atomic E-state index is 12.4. The van der Waals surface area contributed by atoms with Crippen molar-refractivity contribution in [2.24, 2.45) is 0 Å². The number of nitrogens with zero attached hydrogens (tertiary/aromatic N) is 3. The molecule has 0 aliphatic carbocycles. The zero-order valence-corrected chi connectivity index (χ0v) is 23.4. The van der Waals surface area contributed by atoms with Crippen LogP contribution in [-0.2, 0) is 15.7 Å². The van der Waals surface area contributed by atoms with Crippen LogP contribution in [0, 0.1) is 24.2 Å². The third kappa shape index (κ3) is 8.91. The topological polar surface area (TPSA) is 167 Å². The minimum Gasteiger partial charge on any atom is -0.507 e. The predicted molar refractivity (Wildman–Crippen MR) is 155 cm³/mol. The molecule has 0 atom stereocenters. The third-order valence-electron chi connectivity index (χ3n) is 6.21. The Balaban J connectivity index is 0.000000326. The monoisotopic (exact) mass is 597 g/mol. The van der Waals surface area contributed by atoms with E-state index in [0.29, 0.717) is 38.2 Å². The summed E-state index contributed by atoms with van der Waals surface area (Å²) in [6.07, 6.45) is -3.06. The third-order valence-corrected chi connectivity index (χ3v) is 6.21. The van der Waals surface area contributed by atoms with Crippen molar-refractivity contribution < 1.29 is 32.6 Å². The minimum atomic E-state index is -4.64. The molecular formula is C29H30F3N7O4. The van der Waals surface area contributed by atoms with Gasteiger partial charge in [-0.3, -0.25) is 15.0 Å². The van der Waals surface area contributed by atoms with Crippen molar-refractivity contribution in [1.29, 1.82) is 5.41 Å². The van der Waals surface area contributed by atoms with E-state index < -0.39 is 17.5 Å². The van der Waals surface area contributed by atoms with Crippen LogP contribution in [0.25, 0.3) is 0 Å². The quantitative estimate of drug-likeness (QED) is 0.163. The van der Waals surface area contributed by atoms with Crippen molar-refractivity contribution in [1.82, 2.24) is 14.9 Å². The summed E-state index contributed by atoms with van der Waals surface area (Å²) in [6, 6.07) is 8.39. The Morgan fingerprint density at radius 1 is 1.21 bits per heavy atom. The number of hydrogen-bond donors (Lipinski definition) is 5. The van der Waals surface area contributed by atoms with E-state index in [4.69, 9.17) is 21.0 Å². The van der Waals surface area contributed by atoms with Gasteiger partial charge in [0, 0.05) is 37.0 Å². The van der Waals surface area contributed by atoms with E-state index in [0.717, 1.165) is 28.9 Å². The van der Waals surface area contributed by atoms with Gasteiger partial charge in [0.25, 0.3) is 0 Å². The Morgan fingerprint density at radius 2 is 1.93 bits per heavy atom. The summed E-state index contributed by atoms with van der Waals surface area (Å²) in [5, 5.41) is 23.3. The smallest absolute Gasteiger partial charge is 0.419 e. The molecule has 1 aromatic heterocycles. The lowest BCUT2D eigenvalue weighted by molar-refractivity contribution is -0.138. The number of aryl methyl sites for hydroxylation is 1. The van der Waals surface area contributed by atoms with Gasteiger partial charge < -0.3 is 31.1 Å². The lowest BCUT2D eigenvalue weighted by atomic mass is 10.1. The standard InChI is InChI=1S/C21H25N7O2.C8H5F3O2/c1-14-3-5-16(24-2)11-15(14)4-6-17(22)19-20(23)26-13-27-21(19)25-12-18(29)28-7-9-30-10-8-28;9-8(10,11)6-3-5(4-12)1-2-7(6)13/h3,5,11,13,22,24H,7-10,12H2,1-2H3,(H3,23,25,26,27);1-4,13H. The lowest BCUT2D eigenvalue weighted by Gasteiger charge is -2.27. The number of halogens is 3. The molecule has 11 nitrogen and oxygen atoms in total. The maximum Gasteiger partial charge on any atom is 0.419 e. The Morgan fingerprint density at radius 3 is 2.58 bits per heavy atom. The zero-order chi connectivity index (χ0) is 31.6. The second-order valence-corrected chi connectivity index (χ2v) is 9.13. The first-order valence-electron chi connectivity index (χ1n) is 12.9. The van der Waals surface area contributed by atoms with Crippen molar-refractivity contribution in [2.75, 3.05) is 56.3 Å². The lowest BCUT2D eigenvalue weighted by Crippen LogP contribution is -2.43. The highest BCUT2D eigenvalue weighted by Crippen LogP contribution is 2.35. The van der Waals surface area contributed by atoms with Crippen LogP contribution in [0.15, 0.2) is 42.7 Å². The van der Waals surface area contributed by atoms with Gasteiger partial charge in [-0.15, -0.1) is 0 Å². The number of phenols is 1. The van der Waals surface area contributed by atoms with Gasteiger partial charge in [-0.2, -0.15) is 13.2 Å². The fraction of sp³-hybridized carbons (Fsp3) is 0.276. The minimum absolute atomic E-state index is 0.0244. The van der Waals surface area contributed by atoms with Gasteiger partial charge in [0.1, 0.15) is 35.7 Å². The number of hydrogen-bond acceptors (Lipinski definition) is 10. The molecule has 6 N–H and O–H groups in total. The molecule has 2 aromatic carbocycles. The van der Waals surface area contributed by atoms with Gasteiger partial charge in [0.15, 0.2) is 0 Å². The van der Waals surface area contributed by atoms with E-state index in [9.17, 15) is 22.8 Å². The maximum atomic E-state index is 12.4. The first-order chi connectivity index (χ1) is 20.4. The summed E-state index contributed by atoms with van der Waals surface area (Å²) in [4.78, 5) is 32.4. The molecule has 1 saturated heterocycles. The predicted octanol–water partition coefficient (Wildman–Crippen LogP) is 3.32. The molecule has 0 radical (unpaired) electrons. The number of phenolic OH excluding ortho intramolecular Hbond substituents is 1. The fourth-order valence-electron chi connectivity index (χ4n) is 3.82. The molecule has 1 aliphatic rings. The highest BCUT2D eigenvalue weighted by molar-refractivity contribution is 6.16. The van der Waals surface area contributed by atoms with E-state index in [1.807, 2.05) is 32.2 Å². The summed E-state index contributed by atoms with van der Waals surface area (Å²) < 4.78 is 41.5. The second kappa shape index (κ2) is 14.6. The average molecular weight is 598 g/mol. The van der Waals surface area contributed by atoms with Crippen LogP contribution < -0.4 is 16.4 Å². The molecule has 226 valence electrons. The van der Waals surface area contributed by atoms with Crippen LogP contribution in [0.2, 0.25) is 0 Å². The summed E-state index contributed by atoms with van der Waals surface area (Å²) in [6.45, 7) is 4.18. The number of amides is 1. The number of anilines is 3. The van der Waals surface area contributed by atoms with Crippen LogP contribution in [0.1, 0.15) is 32.6 Å². The number of rotatable bonds is 6. The number of nitrogens with one attached hydrogen (secondary N) is 3. The summed E-state index contributed by atoms with van der Waals surface area (Å²) in [7, 11) is 1.84. The Labute approximate surface area is 245 Å². The summed E-state index contributed by atoms with van der Waals surface area (Å²) >= 11 is 0. The number of aromatic hydroxyl groups is 1. The first-order valence-corrected chi connectivity index (χ1v) is 12.9. The number of nitrogen functional groups attached to an aromatic ring is 1. The van der Waals surface area contributed by atoms with Crippen LogP contribution in [0.3, 0.4) is 0 Å². The molecule has 0 unspecified atom stereocenters. The van der Waals surface area contributed by atoms with E-state index >= 15 is 0 Å². The number of morpholine rings is 1. The number of nitrogens with two attached hydrogens (primary N) is 1. The van der Waals surface area contributed by atoms with Gasteiger partial charge in [-0.1, -0.05) is 12.0 Å². The summed E-state index contributed by atoms with van der Waals surface area (Å²) in [5.74, 6) is 5.34. The first kappa shape index (κ1) is 32.4. The molecule has 0 saturated carbocycles. The Bertz CT molecular complexity index is 1550. The number of benzene rings is 2. The van der Waals surface area contributed by atoms with Gasteiger partial charge in [-0.25, -0.2) is 9.97 Å². The van der Waals surface area contributed by atoms with Gasteiger partial charge in [-0.05, 0) is 48.7 Å². The van der Waals surface area contributed by atoms with Crippen LogP contribution in [0.5, 0.6) is 5.75 Å². The Kier molecular flexibility index (Phi) is 11.0. The average Bonchev–Trinajstić information content (AvgIpc) is 2.99. The number of alkyl halides is 3. The molecule has 0 bridgehead atoms. The summed E-state index contributed by atoms with van der Waals surface area (Å²) in [5.41, 5.74) is 7.67. The number of aldehydes is 1. The van der Waals surface area contributed by atoms with Crippen molar-refractivity contribution in [3.8, 4) is 17.6 Å². The SMILES string of the molecule is CNc1ccc(C)c(C#CC(=N)c2c(N)ncnc2NCC(=O)N2CCOCC2)c1.O=Cc1ccc(O)c(C(F)(F)F)c1.